The fourth-order valence-electron chi connectivity index (χ4n) is 9.90. The molecule has 3 amide bonds. The quantitative estimate of drug-likeness (QED) is 0.140. The van der Waals surface area contributed by atoms with Crippen molar-refractivity contribution in [3.8, 4) is 28.1 Å². The van der Waals surface area contributed by atoms with Crippen LogP contribution in [0.25, 0.3) is 33.3 Å². The number of hydrogen-bond donors (Lipinski definition) is 4. The molecule has 6 bridgehead atoms. The van der Waals surface area contributed by atoms with Crippen LogP contribution in [0.3, 0.4) is 0 Å². The lowest BCUT2D eigenvalue weighted by Crippen LogP contribution is -2.62. The number of ether oxygens (including phenoxy) is 2. The van der Waals surface area contributed by atoms with Gasteiger partial charge < -0.3 is 34.7 Å². The predicted molar refractivity (Wildman–Crippen MR) is 247 cm³/mol. The molecule has 14 heteroatoms. The van der Waals surface area contributed by atoms with Gasteiger partial charge in [-0.1, -0.05) is 46.2 Å². The summed E-state index contributed by atoms with van der Waals surface area (Å²) in [4.78, 5) is 63.3. The largest absolute Gasteiger partial charge is 0.508 e. The molecule has 4 N–H and O–H groups in total. The lowest BCUT2D eigenvalue weighted by atomic mass is 9.84. The van der Waals surface area contributed by atoms with Crippen LogP contribution in [0, 0.1) is 17.3 Å². The van der Waals surface area contributed by atoms with E-state index in [-0.39, 0.29) is 42.6 Å². The average Bonchev–Trinajstić information content (AvgIpc) is 3.39. The minimum Gasteiger partial charge on any atom is -0.508 e. The first kappa shape index (κ1) is 46.7. The van der Waals surface area contributed by atoms with E-state index in [1.54, 1.807) is 32.5 Å². The highest BCUT2D eigenvalue weighted by atomic mass is 16.5. The highest BCUT2D eigenvalue weighted by molar-refractivity contribution is 5.96. The van der Waals surface area contributed by atoms with Gasteiger partial charge in [-0.25, -0.2) is 5.43 Å². The highest BCUT2D eigenvalue weighted by Gasteiger charge is 2.39. The van der Waals surface area contributed by atoms with Gasteiger partial charge in [-0.2, -0.15) is 0 Å². The number of methoxy groups -OCH3 is 1. The van der Waals surface area contributed by atoms with E-state index in [1.807, 2.05) is 39.0 Å². The van der Waals surface area contributed by atoms with Crippen LogP contribution in [0.4, 0.5) is 0 Å². The summed E-state index contributed by atoms with van der Waals surface area (Å²) in [6, 6.07) is 12.9. The van der Waals surface area contributed by atoms with Crippen LogP contribution in [0.2, 0.25) is 0 Å². The van der Waals surface area contributed by atoms with Crippen LogP contribution in [-0.2, 0) is 48.0 Å². The van der Waals surface area contributed by atoms with Crippen LogP contribution in [-0.4, -0.2) is 107 Å². The van der Waals surface area contributed by atoms with Crippen molar-refractivity contribution < 1.29 is 33.8 Å². The smallest absolute Gasteiger partial charge is 0.324 e. The second-order valence-corrected chi connectivity index (χ2v) is 19.1. The molecule has 1 unspecified atom stereocenters. The number of hydrazine groups is 1. The number of benzene rings is 2. The van der Waals surface area contributed by atoms with Crippen molar-refractivity contribution in [1.82, 2.24) is 35.5 Å². The van der Waals surface area contributed by atoms with E-state index in [0.717, 1.165) is 70.4 Å². The summed E-state index contributed by atoms with van der Waals surface area (Å²) >= 11 is 0. The molecule has 2 saturated heterocycles. The number of aromatic nitrogens is 2. The molecule has 4 aromatic rings. The molecule has 5 heterocycles. The van der Waals surface area contributed by atoms with Crippen LogP contribution in [0.15, 0.2) is 54.7 Å². The zero-order valence-corrected chi connectivity index (χ0v) is 38.8. The Morgan fingerprint density at radius 2 is 1.86 bits per heavy atom. The Balaban J connectivity index is 1.33. The lowest BCUT2D eigenvalue weighted by Gasteiger charge is -2.37. The maximum absolute atomic E-state index is 14.7. The fourth-order valence-corrected chi connectivity index (χ4v) is 9.90. The van der Waals surface area contributed by atoms with Crippen molar-refractivity contribution in [3.05, 3.63) is 71.5 Å². The summed E-state index contributed by atoms with van der Waals surface area (Å²) in [5.74, 6) is -1.94. The number of phenols is 1. The van der Waals surface area contributed by atoms with Gasteiger partial charge in [0.25, 0.3) is 5.91 Å². The van der Waals surface area contributed by atoms with Gasteiger partial charge in [-0.3, -0.25) is 29.2 Å². The van der Waals surface area contributed by atoms with Crippen molar-refractivity contribution in [2.24, 2.45) is 17.3 Å². The third-order valence-corrected chi connectivity index (χ3v) is 13.2. The minimum atomic E-state index is -1.11. The van der Waals surface area contributed by atoms with Gasteiger partial charge in [0.2, 0.25) is 11.8 Å². The highest BCUT2D eigenvalue weighted by Crippen LogP contribution is 2.42. The molecule has 3 aliphatic heterocycles. The van der Waals surface area contributed by atoms with E-state index in [2.05, 4.69) is 59.6 Å². The number of phenolic OH excluding ortho intramolecular Hbond substituents is 1. The van der Waals surface area contributed by atoms with E-state index in [0.29, 0.717) is 44.5 Å². The van der Waals surface area contributed by atoms with E-state index in [4.69, 9.17) is 14.5 Å². The number of carbonyl (C=O) groups is 4. The number of aromatic hydroxyl groups is 1. The molecular formula is C50H67N7O7. The van der Waals surface area contributed by atoms with Crippen LogP contribution in [0.1, 0.15) is 96.6 Å². The second kappa shape index (κ2) is 19.8. The number of fused-ring (bicyclic) bond motifs is 6. The van der Waals surface area contributed by atoms with Crippen molar-refractivity contribution in [2.75, 3.05) is 40.4 Å². The number of esters is 1. The van der Waals surface area contributed by atoms with Gasteiger partial charge in [-0.15, -0.1) is 0 Å². The molecular weight excluding hydrogens is 811 g/mol. The van der Waals surface area contributed by atoms with Gasteiger partial charge in [0.1, 0.15) is 23.9 Å². The molecule has 2 aromatic heterocycles. The standard InChI is InChI=1S/C50H67N7O7/c1-9-56-42-18-17-33-26-38(42)39(45(56)37-15-12-20-52-43(37)31(4)63-8)27-50(5,6)29-64-49(62)40-16-13-21-57(54-40)48(61)41(24-32-22-35(33)25-36(58)23-32)53-46(59)44(30(2)3)55(7)47(60)34-14-10-11-19-51-28-34/h12,15,17-18,20,22-23,25-26,30-31,34,40-41,44,51,54,58H,9-11,13-14,16,19,21,24,27-29H2,1-8H3,(H,53,59)/t31-,34-,40-,41-,44?/m0/s1. The predicted octanol–water partition coefficient (Wildman–Crippen LogP) is 6.32. The molecule has 0 saturated carbocycles. The van der Waals surface area contributed by atoms with Gasteiger partial charge in [0, 0.05) is 68.3 Å². The fraction of sp³-hybridized carbons (Fsp3) is 0.540. The monoisotopic (exact) mass is 878 g/mol. The van der Waals surface area contributed by atoms with E-state index < -0.39 is 41.3 Å². The average molecular weight is 878 g/mol. The molecule has 64 heavy (non-hydrogen) atoms. The van der Waals surface area contributed by atoms with Crippen LogP contribution >= 0.6 is 0 Å². The normalized spacial score (nSPS) is 21.7. The van der Waals surface area contributed by atoms with Crippen molar-refractivity contribution in [2.45, 2.75) is 117 Å². The van der Waals surface area contributed by atoms with Crippen molar-refractivity contribution in [1.29, 1.82) is 0 Å². The van der Waals surface area contributed by atoms with Crippen LogP contribution < -0.4 is 16.1 Å². The zero-order valence-electron chi connectivity index (χ0n) is 38.8. The number of likely N-dealkylation sites (N-methyl/N-ethyl adjacent to an activating group) is 1. The molecule has 3 aliphatic rings. The third kappa shape index (κ3) is 9.99. The molecule has 2 fully saturated rings. The van der Waals surface area contributed by atoms with Gasteiger partial charge in [-0.05, 0) is 117 Å². The minimum absolute atomic E-state index is 0.0163. The Morgan fingerprint density at radius 3 is 2.61 bits per heavy atom. The second-order valence-electron chi connectivity index (χ2n) is 19.1. The summed E-state index contributed by atoms with van der Waals surface area (Å²) in [5, 5.41) is 20.2. The summed E-state index contributed by atoms with van der Waals surface area (Å²) in [6.07, 6.45) is 5.77. The number of carbonyl (C=O) groups excluding carboxylic acids is 4. The summed E-state index contributed by atoms with van der Waals surface area (Å²) in [5.41, 5.74) is 9.74. The SMILES string of the molecule is CCn1c(-c2cccnc2[C@H](C)OC)c2c3cc(ccc31)-c1cc(O)cc(c1)C[C@H](NC(=O)C(C(C)C)N(C)C(=O)[C@H]1CCCCNC1)C(=O)N1CCC[C@H](N1)C(=O)OCC(C)(C)C2. The Morgan fingerprint density at radius 1 is 1.06 bits per heavy atom. The molecule has 0 aliphatic carbocycles. The maximum Gasteiger partial charge on any atom is 0.324 e. The molecule has 2 aromatic carbocycles. The van der Waals surface area contributed by atoms with E-state index >= 15 is 0 Å². The number of nitrogens with zero attached hydrogens (tertiary/aromatic N) is 4. The van der Waals surface area contributed by atoms with E-state index in [1.165, 1.54) is 9.91 Å². The molecule has 344 valence electrons. The zero-order chi connectivity index (χ0) is 45.9. The number of nitrogens with one attached hydrogen (secondary N) is 3. The first-order valence-corrected chi connectivity index (χ1v) is 23.1. The summed E-state index contributed by atoms with van der Waals surface area (Å²) in [6.45, 7) is 14.6. The molecule has 5 atom stereocenters. The van der Waals surface area contributed by atoms with Crippen molar-refractivity contribution >= 4 is 34.6 Å². The van der Waals surface area contributed by atoms with Gasteiger partial charge >= 0.3 is 5.97 Å². The Labute approximate surface area is 377 Å². The first-order valence-electron chi connectivity index (χ1n) is 23.1. The number of aryl methyl sites for hydroxylation is 1. The van der Waals surface area contributed by atoms with Gasteiger partial charge in [0.15, 0.2) is 0 Å². The summed E-state index contributed by atoms with van der Waals surface area (Å²) < 4.78 is 14.2. The first-order chi connectivity index (χ1) is 30.6. The van der Waals surface area contributed by atoms with E-state index in [9.17, 15) is 24.3 Å². The number of hydrogen-bond acceptors (Lipinski definition) is 10. The molecule has 0 spiro atoms. The maximum atomic E-state index is 14.7. The Kier molecular flexibility index (Phi) is 14.5. The molecule has 0 radical (unpaired) electrons. The number of rotatable bonds is 9. The Bertz CT molecular complexity index is 2350. The lowest BCUT2D eigenvalue weighted by molar-refractivity contribution is -0.155. The summed E-state index contributed by atoms with van der Waals surface area (Å²) in [7, 11) is 3.35. The Hall–Kier alpha value is -5.31. The van der Waals surface area contributed by atoms with Gasteiger partial charge in [0.05, 0.1) is 30.0 Å². The number of amides is 3. The number of pyridine rings is 1. The van der Waals surface area contributed by atoms with Crippen molar-refractivity contribution in [3.63, 3.8) is 0 Å². The molecule has 14 nitrogen and oxygen atoms in total. The third-order valence-electron chi connectivity index (χ3n) is 13.2. The molecule has 7 rings (SSSR count). The number of cyclic esters (lactones) is 1. The topological polar surface area (TPSA) is 167 Å². The van der Waals surface area contributed by atoms with Crippen LogP contribution in [0.5, 0.6) is 5.75 Å².